The second kappa shape index (κ2) is 5.03. The van der Waals surface area contributed by atoms with Gasteiger partial charge in [0.25, 0.3) is 0 Å². The van der Waals surface area contributed by atoms with Gasteiger partial charge in [0.15, 0.2) is 0 Å². The number of nitrogens with two attached hydrogens (primary N) is 1. The zero-order valence-electron chi connectivity index (χ0n) is 10.6. The van der Waals surface area contributed by atoms with Gasteiger partial charge in [0.1, 0.15) is 10.0 Å². The molecular formula is C14H14N4S. The van der Waals surface area contributed by atoms with Crippen molar-refractivity contribution in [3.8, 4) is 10.6 Å². The Morgan fingerprint density at radius 1 is 1.21 bits per heavy atom. The summed E-state index contributed by atoms with van der Waals surface area (Å²) in [6.07, 6.45) is 2.66. The maximum atomic E-state index is 5.99. The van der Waals surface area contributed by atoms with Crippen LogP contribution in [-0.2, 0) is 0 Å². The lowest BCUT2D eigenvalue weighted by atomic mass is 10.1. The third kappa shape index (κ3) is 2.22. The summed E-state index contributed by atoms with van der Waals surface area (Å²) in [5, 5.41) is 11.3. The van der Waals surface area contributed by atoms with Crippen LogP contribution in [0.2, 0.25) is 0 Å². The summed E-state index contributed by atoms with van der Waals surface area (Å²) in [5.41, 5.74) is 7.97. The molecule has 2 N–H and O–H groups in total. The van der Waals surface area contributed by atoms with Gasteiger partial charge < -0.3 is 5.73 Å². The Balaban J connectivity index is 2.12. The van der Waals surface area contributed by atoms with Crippen LogP contribution in [0.5, 0.6) is 0 Å². The van der Waals surface area contributed by atoms with Gasteiger partial charge >= 0.3 is 0 Å². The van der Waals surface area contributed by atoms with Crippen LogP contribution in [0.1, 0.15) is 24.4 Å². The molecule has 0 fully saturated rings. The lowest BCUT2D eigenvalue weighted by Crippen LogP contribution is -2.07. The van der Waals surface area contributed by atoms with Gasteiger partial charge in [0.2, 0.25) is 0 Å². The molecule has 0 amide bonds. The SMILES string of the molecule is CCC(N)c1nnc(-c2cccc3cccnc23)s1. The maximum absolute atomic E-state index is 5.99. The Kier molecular flexibility index (Phi) is 3.23. The van der Waals surface area contributed by atoms with Crippen molar-refractivity contribution in [2.24, 2.45) is 5.73 Å². The van der Waals surface area contributed by atoms with E-state index in [-0.39, 0.29) is 6.04 Å². The first-order valence-electron chi connectivity index (χ1n) is 6.22. The van der Waals surface area contributed by atoms with E-state index in [0.717, 1.165) is 32.9 Å². The van der Waals surface area contributed by atoms with Gasteiger partial charge in [-0.15, -0.1) is 10.2 Å². The average Bonchev–Trinajstić information content (AvgIpc) is 2.95. The molecular weight excluding hydrogens is 256 g/mol. The van der Waals surface area contributed by atoms with Crippen LogP contribution in [0.15, 0.2) is 36.5 Å². The molecule has 0 bridgehead atoms. The maximum Gasteiger partial charge on any atom is 0.150 e. The Morgan fingerprint density at radius 2 is 2.05 bits per heavy atom. The average molecular weight is 270 g/mol. The van der Waals surface area contributed by atoms with Crippen LogP contribution in [0.3, 0.4) is 0 Å². The molecule has 1 unspecified atom stereocenters. The number of hydrogen-bond donors (Lipinski definition) is 1. The number of aromatic nitrogens is 3. The largest absolute Gasteiger partial charge is 0.322 e. The second-order valence-electron chi connectivity index (χ2n) is 4.34. The normalized spacial score (nSPS) is 12.7. The van der Waals surface area contributed by atoms with Crippen molar-refractivity contribution >= 4 is 22.2 Å². The van der Waals surface area contributed by atoms with Gasteiger partial charge in [0, 0.05) is 17.1 Å². The topological polar surface area (TPSA) is 64.7 Å². The van der Waals surface area contributed by atoms with E-state index in [0.29, 0.717) is 0 Å². The summed E-state index contributed by atoms with van der Waals surface area (Å²) in [4.78, 5) is 4.44. The fraction of sp³-hybridized carbons (Fsp3) is 0.214. The van der Waals surface area contributed by atoms with Crippen LogP contribution in [0, 0.1) is 0 Å². The van der Waals surface area contributed by atoms with Crippen molar-refractivity contribution in [3.63, 3.8) is 0 Å². The van der Waals surface area contributed by atoms with Gasteiger partial charge in [-0.05, 0) is 18.6 Å². The molecule has 2 heterocycles. The minimum atomic E-state index is -0.0332. The van der Waals surface area contributed by atoms with Crippen LogP contribution < -0.4 is 5.73 Å². The van der Waals surface area contributed by atoms with Crippen molar-refractivity contribution in [1.29, 1.82) is 0 Å². The molecule has 5 heteroatoms. The van der Waals surface area contributed by atoms with Crippen molar-refractivity contribution in [2.75, 3.05) is 0 Å². The van der Waals surface area contributed by atoms with E-state index < -0.39 is 0 Å². The molecule has 0 aliphatic heterocycles. The lowest BCUT2D eigenvalue weighted by Gasteiger charge is -2.02. The van der Waals surface area contributed by atoms with E-state index in [4.69, 9.17) is 5.73 Å². The summed E-state index contributed by atoms with van der Waals surface area (Å²) in [6, 6.07) is 10.0. The van der Waals surface area contributed by atoms with Crippen LogP contribution in [-0.4, -0.2) is 15.2 Å². The minimum absolute atomic E-state index is 0.0332. The van der Waals surface area contributed by atoms with E-state index in [9.17, 15) is 0 Å². The smallest absolute Gasteiger partial charge is 0.150 e. The molecule has 19 heavy (non-hydrogen) atoms. The second-order valence-corrected chi connectivity index (χ2v) is 5.35. The lowest BCUT2D eigenvalue weighted by molar-refractivity contribution is 0.683. The number of para-hydroxylation sites is 1. The number of fused-ring (bicyclic) bond motifs is 1. The number of benzene rings is 1. The Labute approximate surface area is 115 Å². The van der Waals surface area contributed by atoms with Crippen LogP contribution in [0.25, 0.3) is 21.5 Å². The highest BCUT2D eigenvalue weighted by Gasteiger charge is 2.13. The molecule has 0 aliphatic rings. The highest BCUT2D eigenvalue weighted by Crippen LogP contribution is 2.31. The van der Waals surface area contributed by atoms with Crippen molar-refractivity contribution in [2.45, 2.75) is 19.4 Å². The number of pyridine rings is 1. The van der Waals surface area contributed by atoms with E-state index >= 15 is 0 Å². The van der Waals surface area contributed by atoms with Gasteiger partial charge in [-0.1, -0.05) is 36.5 Å². The predicted molar refractivity (Wildman–Crippen MR) is 77.9 cm³/mol. The Bertz CT molecular complexity index is 702. The van der Waals surface area contributed by atoms with E-state index in [1.807, 2.05) is 37.3 Å². The summed E-state index contributed by atoms with van der Waals surface area (Å²) < 4.78 is 0. The standard InChI is InChI=1S/C14H14N4S/c1-2-11(15)14-18-17-13(19-14)10-7-3-5-9-6-4-8-16-12(9)10/h3-8,11H,2,15H2,1H3. The molecule has 0 saturated carbocycles. The quantitative estimate of drug-likeness (QED) is 0.794. The summed E-state index contributed by atoms with van der Waals surface area (Å²) in [6.45, 7) is 2.05. The molecule has 0 radical (unpaired) electrons. The van der Waals surface area contributed by atoms with E-state index in [1.54, 1.807) is 17.5 Å². The van der Waals surface area contributed by atoms with Crippen molar-refractivity contribution < 1.29 is 0 Å². The molecule has 0 aliphatic carbocycles. The molecule has 2 aromatic heterocycles. The third-order valence-corrected chi connectivity index (χ3v) is 4.15. The van der Waals surface area contributed by atoms with Gasteiger partial charge in [0.05, 0.1) is 11.6 Å². The zero-order chi connectivity index (χ0) is 13.2. The monoisotopic (exact) mass is 270 g/mol. The Morgan fingerprint density at radius 3 is 2.89 bits per heavy atom. The number of rotatable bonds is 3. The van der Waals surface area contributed by atoms with Gasteiger partial charge in [-0.2, -0.15) is 0 Å². The molecule has 4 nitrogen and oxygen atoms in total. The summed E-state index contributed by atoms with van der Waals surface area (Å²) >= 11 is 1.55. The molecule has 1 aromatic carbocycles. The Hall–Kier alpha value is -1.85. The third-order valence-electron chi connectivity index (χ3n) is 3.06. The summed E-state index contributed by atoms with van der Waals surface area (Å²) in [7, 11) is 0. The molecule has 96 valence electrons. The minimum Gasteiger partial charge on any atom is -0.322 e. The van der Waals surface area contributed by atoms with Crippen molar-refractivity contribution in [3.05, 3.63) is 41.5 Å². The number of nitrogens with zero attached hydrogens (tertiary/aromatic N) is 3. The molecule has 3 aromatic rings. The van der Waals surface area contributed by atoms with Gasteiger partial charge in [-0.25, -0.2) is 0 Å². The van der Waals surface area contributed by atoms with Gasteiger partial charge in [-0.3, -0.25) is 4.98 Å². The van der Waals surface area contributed by atoms with Crippen LogP contribution in [0.4, 0.5) is 0 Å². The molecule has 0 spiro atoms. The first-order chi connectivity index (χ1) is 9.29. The summed E-state index contributed by atoms with van der Waals surface area (Å²) in [5.74, 6) is 0. The molecule has 1 atom stereocenters. The van der Waals surface area contributed by atoms with Crippen molar-refractivity contribution in [1.82, 2.24) is 15.2 Å². The predicted octanol–water partition coefficient (Wildman–Crippen LogP) is 3.16. The first-order valence-corrected chi connectivity index (χ1v) is 7.04. The first kappa shape index (κ1) is 12.2. The number of hydrogen-bond acceptors (Lipinski definition) is 5. The highest BCUT2D eigenvalue weighted by atomic mass is 32.1. The fourth-order valence-corrected chi connectivity index (χ4v) is 2.90. The molecule has 0 saturated heterocycles. The fourth-order valence-electron chi connectivity index (χ4n) is 1.94. The zero-order valence-corrected chi connectivity index (χ0v) is 11.4. The van der Waals surface area contributed by atoms with E-state index in [2.05, 4.69) is 15.2 Å². The van der Waals surface area contributed by atoms with Crippen LogP contribution >= 0.6 is 11.3 Å². The van der Waals surface area contributed by atoms with E-state index in [1.165, 1.54) is 0 Å². The highest BCUT2D eigenvalue weighted by molar-refractivity contribution is 7.14. The molecule has 3 rings (SSSR count).